The van der Waals surface area contributed by atoms with Crippen LogP contribution in [0.4, 0.5) is 114 Å². The highest BCUT2D eigenvalue weighted by atomic mass is 19.4. The van der Waals surface area contributed by atoms with Crippen molar-refractivity contribution < 1.29 is 143 Å². The van der Waals surface area contributed by atoms with E-state index in [0.29, 0.717) is 0 Å². The first kappa shape index (κ1) is 63.7. The third-order valence-electron chi connectivity index (χ3n) is 10.5. The van der Waals surface area contributed by atoms with Crippen molar-refractivity contribution in [2.75, 3.05) is 13.2 Å². The fraction of sp³-hybridized carbons (Fsp3) is 0.535. The van der Waals surface area contributed by atoms with E-state index >= 15 is 0 Å². The Morgan fingerprint density at radius 3 is 0.987 bits per heavy atom. The van der Waals surface area contributed by atoms with E-state index in [-0.39, 0.29) is 52.5 Å². The van der Waals surface area contributed by atoms with E-state index in [2.05, 4.69) is 0 Å². The van der Waals surface area contributed by atoms with Gasteiger partial charge < -0.3 is 18.9 Å². The van der Waals surface area contributed by atoms with Gasteiger partial charge in [-0.05, 0) is 118 Å². The lowest BCUT2D eigenvalue weighted by Crippen LogP contribution is -2.70. The molecule has 3 aromatic carbocycles. The molecular weight excluding hydrogens is 1110 g/mol. The van der Waals surface area contributed by atoms with Gasteiger partial charge in [-0.15, -0.1) is 0 Å². The average molecular weight is 1140 g/mol. The molecule has 0 aliphatic rings. The van der Waals surface area contributed by atoms with Crippen molar-refractivity contribution in [1.29, 1.82) is 0 Å². The summed E-state index contributed by atoms with van der Waals surface area (Å²) in [5.74, 6) is -76.5. The van der Waals surface area contributed by atoms with Crippen molar-refractivity contribution in [2.24, 2.45) is 0 Å². The maximum Gasteiger partial charge on any atom is 0.460 e. The van der Waals surface area contributed by atoms with Gasteiger partial charge in [0.2, 0.25) is 0 Å². The van der Waals surface area contributed by atoms with E-state index in [1.165, 1.54) is 49.4 Å². The SMILES string of the molecule is Cc1cc(OC(=O)c2ccc(OCCCCCC(F)(F)C(F)(F)C(F)(F)C(F)(F)C(F)(F)C(F)(F)F)cc2)ccc1OC(=O)c1ccc(OCCCCCC(F)(F)C(F)(F)C(F)(F)C(F)(F)C(F)(F)C(F)(F)F)cc1. The van der Waals surface area contributed by atoms with Gasteiger partial charge in [-0.2, -0.15) is 114 Å². The van der Waals surface area contributed by atoms with Crippen LogP contribution in [0, 0.1) is 6.92 Å². The second kappa shape index (κ2) is 22.2. The normalized spacial score (nSPS) is 14.2. The number of unbranched alkanes of at least 4 members (excludes halogenated alkanes) is 4. The summed E-state index contributed by atoms with van der Waals surface area (Å²) >= 11 is 0. The minimum atomic E-state index is -7.99. The molecule has 0 saturated heterocycles. The molecule has 0 amide bonds. The van der Waals surface area contributed by atoms with Crippen LogP contribution in [0.3, 0.4) is 0 Å². The van der Waals surface area contributed by atoms with E-state index in [1.54, 1.807) is 0 Å². The predicted molar refractivity (Wildman–Crippen MR) is 203 cm³/mol. The number of benzene rings is 3. The van der Waals surface area contributed by atoms with Gasteiger partial charge in [0.1, 0.15) is 23.0 Å². The summed E-state index contributed by atoms with van der Waals surface area (Å²) in [6, 6.07) is 13.1. The number of carbonyl (C=O) groups is 2. The third kappa shape index (κ3) is 12.8. The molecule has 0 radical (unpaired) electrons. The third-order valence-corrected chi connectivity index (χ3v) is 10.5. The topological polar surface area (TPSA) is 71.1 Å². The molecule has 0 saturated carbocycles. The van der Waals surface area contributed by atoms with Crippen LogP contribution < -0.4 is 18.9 Å². The molecule has 0 heterocycles. The van der Waals surface area contributed by atoms with Crippen molar-refractivity contribution >= 4 is 11.9 Å². The number of hydrogen-bond donors (Lipinski definition) is 0. The first-order valence-electron chi connectivity index (χ1n) is 20.7. The number of hydrogen-bond acceptors (Lipinski definition) is 6. The molecular formula is C43H34F26O6. The van der Waals surface area contributed by atoms with E-state index in [0.717, 1.165) is 24.3 Å². The highest BCUT2D eigenvalue weighted by Crippen LogP contribution is 2.62. The zero-order chi connectivity index (χ0) is 57.9. The lowest BCUT2D eigenvalue weighted by atomic mass is 9.91. The van der Waals surface area contributed by atoms with Crippen LogP contribution in [0.15, 0.2) is 66.7 Å². The predicted octanol–water partition coefficient (Wildman–Crippen LogP) is 15.8. The number of carbonyl (C=O) groups excluding carboxylic acids is 2. The van der Waals surface area contributed by atoms with Gasteiger partial charge in [-0.3, -0.25) is 0 Å². The second-order valence-corrected chi connectivity index (χ2v) is 16.1. The van der Waals surface area contributed by atoms with Crippen LogP contribution in [0.1, 0.15) is 77.6 Å². The molecule has 424 valence electrons. The number of rotatable bonds is 26. The van der Waals surface area contributed by atoms with Crippen LogP contribution in [-0.4, -0.2) is 96.7 Å². The summed E-state index contributed by atoms with van der Waals surface area (Å²) < 4.78 is 366. The zero-order valence-corrected chi connectivity index (χ0v) is 37.2. The van der Waals surface area contributed by atoms with Gasteiger partial charge in [-0.25, -0.2) is 9.59 Å². The van der Waals surface area contributed by atoms with Crippen LogP contribution >= 0.6 is 0 Å². The molecule has 32 heteroatoms. The molecule has 0 atom stereocenters. The minimum absolute atomic E-state index is 0.000804. The van der Waals surface area contributed by atoms with E-state index in [1.807, 2.05) is 0 Å². The fourth-order valence-electron chi connectivity index (χ4n) is 6.05. The average Bonchev–Trinajstić information content (AvgIpc) is 3.28. The number of aryl methyl sites for hydroxylation is 1. The van der Waals surface area contributed by atoms with Crippen molar-refractivity contribution in [3.63, 3.8) is 0 Å². The van der Waals surface area contributed by atoms with Crippen LogP contribution in [0.2, 0.25) is 0 Å². The Labute approximate surface area is 404 Å². The number of ether oxygens (including phenoxy) is 4. The highest BCUT2D eigenvalue weighted by Gasteiger charge is 2.92. The van der Waals surface area contributed by atoms with Crippen LogP contribution in [0.5, 0.6) is 23.0 Å². The summed E-state index contributed by atoms with van der Waals surface area (Å²) in [6.45, 7) is 0.627. The maximum atomic E-state index is 14.0. The van der Waals surface area contributed by atoms with E-state index in [9.17, 15) is 124 Å². The monoisotopic (exact) mass is 1140 g/mol. The molecule has 0 N–H and O–H groups in total. The Hall–Kier alpha value is -5.62. The van der Waals surface area contributed by atoms with Crippen LogP contribution in [0.25, 0.3) is 0 Å². The fourth-order valence-corrected chi connectivity index (χ4v) is 6.05. The smallest absolute Gasteiger partial charge is 0.460 e. The van der Waals surface area contributed by atoms with E-state index < -0.39 is 135 Å². The molecule has 0 bridgehead atoms. The largest absolute Gasteiger partial charge is 0.494 e. The summed E-state index contributed by atoms with van der Waals surface area (Å²) in [7, 11) is 0. The van der Waals surface area contributed by atoms with Gasteiger partial charge >= 0.3 is 83.5 Å². The Morgan fingerprint density at radius 2 is 0.667 bits per heavy atom. The molecule has 0 unspecified atom stereocenters. The molecule has 6 nitrogen and oxygen atoms in total. The first-order chi connectivity index (χ1) is 33.8. The summed E-state index contributed by atoms with van der Waals surface area (Å²) in [5.41, 5.74) is 0.0352. The minimum Gasteiger partial charge on any atom is -0.494 e. The van der Waals surface area contributed by atoms with Gasteiger partial charge in [0.05, 0.1) is 24.3 Å². The molecule has 0 aliphatic heterocycles. The van der Waals surface area contributed by atoms with Gasteiger partial charge in [0.25, 0.3) is 0 Å². The number of halogens is 26. The zero-order valence-electron chi connectivity index (χ0n) is 37.2. The lowest BCUT2D eigenvalue weighted by Gasteiger charge is -2.39. The highest BCUT2D eigenvalue weighted by molar-refractivity contribution is 5.92. The Balaban J connectivity index is 1.44. The van der Waals surface area contributed by atoms with Gasteiger partial charge in [0, 0.05) is 12.8 Å². The summed E-state index contributed by atoms with van der Waals surface area (Å²) in [4.78, 5) is 25.4. The summed E-state index contributed by atoms with van der Waals surface area (Å²) in [6.07, 6.45) is -23.8. The molecule has 0 fully saturated rings. The summed E-state index contributed by atoms with van der Waals surface area (Å²) in [5, 5.41) is 0. The van der Waals surface area contributed by atoms with Gasteiger partial charge in [0.15, 0.2) is 0 Å². The number of esters is 2. The molecule has 0 aliphatic carbocycles. The lowest BCUT2D eigenvalue weighted by molar-refractivity contribution is -0.440. The maximum absolute atomic E-state index is 14.0. The Bertz CT molecular complexity index is 2400. The quantitative estimate of drug-likeness (QED) is 0.0345. The first-order valence-corrected chi connectivity index (χ1v) is 20.7. The molecule has 3 rings (SSSR count). The van der Waals surface area contributed by atoms with Crippen molar-refractivity contribution in [3.05, 3.63) is 83.4 Å². The standard InChI is InChI=1S/C43H34F26O6/c1-23-22-28(74-30(70)24-8-12-26(13-9-24)72-20-6-2-4-18-32(44,45)34(48,49)36(52,53)38(56,57)40(60,61)42(64,65)66)16-17-29(23)75-31(71)25-10-14-27(15-11-25)73-21-7-3-5-19-33(46,47)35(50,51)37(54,55)39(58,59)41(62,63)43(67,68)69/h8-17,22H,2-7,18-21H2,1H3. The molecule has 75 heavy (non-hydrogen) atoms. The molecule has 0 spiro atoms. The van der Waals surface area contributed by atoms with Crippen LogP contribution in [-0.2, 0) is 0 Å². The van der Waals surface area contributed by atoms with Gasteiger partial charge in [-0.1, -0.05) is 0 Å². The van der Waals surface area contributed by atoms with E-state index in [4.69, 9.17) is 18.9 Å². The Morgan fingerprint density at radius 1 is 0.360 bits per heavy atom. The second-order valence-electron chi connectivity index (χ2n) is 16.1. The van der Waals surface area contributed by atoms with Crippen molar-refractivity contribution in [1.82, 2.24) is 0 Å². The molecule has 3 aromatic rings. The van der Waals surface area contributed by atoms with Crippen molar-refractivity contribution in [2.45, 2.75) is 130 Å². The number of alkyl halides is 26. The molecule has 0 aromatic heterocycles. The van der Waals surface area contributed by atoms with Crippen molar-refractivity contribution in [3.8, 4) is 23.0 Å². The Kier molecular flexibility index (Phi) is 18.8.